The Bertz CT molecular complexity index is 956. The maximum absolute atomic E-state index is 12.6. The van der Waals surface area contributed by atoms with Crippen LogP contribution in [0.15, 0.2) is 24.4 Å². The summed E-state index contributed by atoms with van der Waals surface area (Å²) >= 11 is 0. The largest absolute Gasteiger partial charge is 0.399 e. The van der Waals surface area contributed by atoms with E-state index in [2.05, 4.69) is 20.6 Å². The molecule has 2 aromatic heterocycles. The van der Waals surface area contributed by atoms with Gasteiger partial charge in [0, 0.05) is 19.8 Å². The van der Waals surface area contributed by atoms with Gasteiger partial charge in [0.2, 0.25) is 0 Å². The summed E-state index contributed by atoms with van der Waals surface area (Å²) in [5, 5.41) is 10.3. The van der Waals surface area contributed by atoms with Crippen molar-refractivity contribution in [1.82, 2.24) is 29.4 Å². The van der Waals surface area contributed by atoms with Crippen molar-refractivity contribution < 1.29 is 9.59 Å². The molecule has 0 aliphatic rings. The number of aromatic nitrogens is 5. The molecule has 25 heavy (non-hydrogen) atoms. The van der Waals surface area contributed by atoms with Gasteiger partial charge in [-0.15, -0.1) is 5.10 Å². The second-order valence-electron chi connectivity index (χ2n) is 5.76. The number of nitrogens with zero attached hydrogens (tertiary/aromatic N) is 6. The molecule has 2 heterocycles. The molecule has 0 spiro atoms. The quantitative estimate of drug-likeness (QED) is 0.683. The van der Waals surface area contributed by atoms with Gasteiger partial charge in [-0.2, -0.15) is 0 Å². The number of nitrogen functional groups attached to an aromatic ring is 1. The first-order valence-corrected chi connectivity index (χ1v) is 7.51. The van der Waals surface area contributed by atoms with Crippen molar-refractivity contribution in [2.75, 3.05) is 25.1 Å². The van der Waals surface area contributed by atoms with Gasteiger partial charge >= 0.3 is 6.03 Å². The fourth-order valence-electron chi connectivity index (χ4n) is 2.40. The molecular weight excluding hydrogens is 324 g/mol. The molecule has 130 valence electrons. The van der Waals surface area contributed by atoms with Crippen LogP contribution >= 0.6 is 0 Å². The number of hydrogen-bond donors (Lipinski definition) is 2. The zero-order valence-corrected chi connectivity index (χ0v) is 14.1. The highest BCUT2D eigenvalue weighted by atomic mass is 16.2. The SMILES string of the molecule is Cc1nc2cc(N)ccc2n1C(=O)Cn1cc(NC(=O)N(C)C)nn1. The zero-order chi connectivity index (χ0) is 18.1. The number of rotatable bonds is 3. The van der Waals surface area contributed by atoms with Crippen LogP contribution in [0.4, 0.5) is 16.3 Å². The molecule has 0 aliphatic carbocycles. The molecular formula is C15H18N8O2. The van der Waals surface area contributed by atoms with E-state index < -0.39 is 0 Å². The predicted octanol–water partition coefficient (Wildman–Crippen LogP) is 0.952. The van der Waals surface area contributed by atoms with Crippen LogP contribution in [0.25, 0.3) is 11.0 Å². The number of benzene rings is 1. The first-order chi connectivity index (χ1) is 11.8. The number of aryl methyl sites for hydroxylation is 1. The van der Waals surface area contributed by atoms with Crippen LogP contribution in [0, 0.1) is 6.92 Å². The van der Waals surface area contributed by atoms with E-state index in [1.165, 1.54) is 20.3 Å². The van der Waals surface area contributed by atoms with Crippen molar-refractivity contribution >= 4 is 34.5 Å². The molecule has 3 rings (SSSR count). The van der Waals surface area contributed by atoms with Gasteiger partial charge in [-0.05, 0) is 25.1 Å². The number of amides is 2. The lowest BCUT2D eigenvalue weighted by atomic mass is 10.3. The fraction of sp³-hybridized carbons (Fsp3) is 0.267. The molecule has 0 radical (unpaired) electrons. The van der Waals surface area contributed by atoms with Crippen molar-refractivity contribution in [3.8, 4) is 0 Å². The van der Waals surface area contributed by atoms with Crippen LogP contribution in [-0.2, 0) is 6.54 Å². The molecule has 2 amide bonds. The number of hydrogen-bond acceptors (Lipinski definition) is 6. The minimum absolute atomic E-state index is 0.0402. The van der Waals surface area contributed by atoms with Crippen molar-refractivity contribution in [3.63, 3.8) is 0 Å². The summed E-state index contributed by atoms with van der Waals surface area (Å²) in [7, 11) is 3.23. The Balaban J connectivity index is 1.80. The van der Waals surface area contributed by atoms with Crippen LogP contribution in [0.5, 0.6) is 0 Å². The van der Waals surface area contributed by atoms with Gasteiger partial charge in [-0.1, -0.05) is 5.21 Å². The number of nitrogens with one attached hydrogen (secondary N) is 1. The number of nitrogens with two attached hydrogens (primary N) is 1. The molecule has 0 fully saturated rings. The van der Waals surface area contributed by atoms with Crippen LogP contribution in [0.3, 0.4) is 0 Å². The Hall–Kier alpha value is -3.43. The zero-order valence-electron chi connectivity index (χ0n) is 14.1. The van der Waals surface area contributed by atoms with Gasteiger partial charge < -0.3 is 10.6 Å². The summed E-state index contributed by atoms with van der Waals surface area (Å²) in [6.45, 7) is 1.71. The molecule has 0 saturated carbocycles. The van der Waals surface area contributed by atoms with E-state index in [1.807, 2.05) is 0 Å². The number of imidazole rings is 1. The van der Waals surface area contributed by atoms with E-state index in [9.17, 15) is 9.59 Å². The van der Waals surface area contributed by atoms with Gasteiger partial charge in [-0.25, -0.2) is 14.5 Å². The molecule has 10 heteroatoms. The van der Waals surface area contributed by atoms with Crippen molar-refractivity contribution in [3.05, 3.63) is 30.2 Å². The second kappa shape index (κ2) is 6.23. The predicted molar refractivity (Wildman–Crippen MR) is 92.2 cm³/mol. The number of carbonyl (C=O) groups is 2. The van der Waals surface area contributed by atoms with E-state index in [4.69, 9.17) is 5.73 Å². The van der Waals surface area contributed by atoms with Gasteiger partial charge in [-0.3, -0.25) is 14.7 Å². The highest BCUT2D eigenvalue weighted by Gasteiger charge is 2.16. The first-order valence-electron chi connectivity index (χ1n) is 7.51. The van der Waals surface area contributed by atoms with Gasteiger partial charge in [0.05, 0.1) is 17.2 Å². The van der Waals surface area contributed by atoms with Crippen molar-refractivity contribution in [2.24, 2.45) is 0 Å². The fourth-order valence-corrected chi connectivity index (χ4v) is 2.40. The third-order valence-corrected chi connectivity index (χ3v) is 3.57. The van der Waals surface area contributed by atoms with Gasteiger partial charge in [0.1, 0.15) is 12.4 Å². The Morgan fingerprint density at radius 3 is 2.80 bits per heavy atom. The number of anilines is 2. The lowest BCUT2D eigenvalue weighted by Gasteiger charge is -2.09. The molecule has 1 aromatic carbocycles. The summed E-state index contributed by atoms with van der Waals surface area (Å²) in [5.41, 5.74) is 7.67. The average Bonchev–Trinajstić information content (AvgIpc) is 3.09. The maximum atomic E-state index is 12.6. The summed E-state index contributed by atoms with van der Waals surface area (Å²) < 4.78 is 2.87. The Labute approximate surface area is 143 Å². The summed E-state index contributed by atoms with van der Waals surface area (Å²) in [6.07, 6.45) is 1.49. The number of fused-ring (bicyclic) bond motifs is 1. The van der Waals surface area contributed by atoms with Crippen LogP contribution in [-0.4, -0.2) is 55.5 Å². The Morgan fingerprint density at radius 2 is 2.08 bits per heavy atom. The summed E-state index contributed by atoms with van der Waals surface area (Å²) in [6, 6.07) is 4.87. The topological polar surface area (TPSA) is 124 Å². The highest BCUT2D eigenvalue weighted by Crippen LogP contribution is 2.19. The minimum atomic E-state index is -0.326. The number of urea groups is 1. The third kappa shape index (κ3) is 3.27. The molecule has 0 bridgehead atoms. The van der Waals surface area contributed by atoms with Crippen molar-refractivity contribution in [2.45, 2.75) is 13.5 Å². The van der Waals surface area contributed by atoms with Crippen molar-refractivity contribution in [1.29, 1.82) is 0 Å². The molecule has 0 unspecified atom stereocenters. The first kappa shape index (κ1) is 16.4. The monoisotopic (exact) mass is 342 g/mol. The normalized spacial score (nSPS) is 10.8. The number of carbonyl (C=O) groups excluding carboxylic acids is 2. The van der Waals surface area contributed by atoms with E-state index in [0.717, 1.165) is 0 Å². The van der Waals surface area contributed by atoms with Gasteiger partial charge in [0.25, 0.3) is 5.91 Å². The Morgan fingerprint density at radius 1 is 1.32 bits per heavy atom. The molecule has 3 aromatic rings. The summed E-state index contributed by atoms with van der Waals surface area (Å²) in [4.78, 5) is 30.0. The van der Waals surface area contributed by atoms with Crippen LogP contribution in [0.1, 0.15) is 10.6 Å². The lowest BCUT2D eigenvalue weighted by Crippen LogP contribution is -2.27. The van der Waals surface area contributed by atoms with E-state index in [-0.39, 0.29) is 24.3 Å². The lowest BCUT2D eigenvalue weighted by molar-refractivity contribution is 0.0888. The average molecular weight is 342 g/mol. The second-order valence-corrected chi connectivity index (χ2v) is 5.76. The third-order valence-electron chi connectivity index (χ3n) is 3.57. The van der Waals surface area contributed by atoms with Crippen LogP contribution in [0.2, 0.25) is 0 Å². The summed E-state index contributed by atoms with van der Waals surface area (Å²) in [5.74, 6) is 0.610. The molecule has 0 atom stereocenters. The van der Waals surface area contributed by atoms with E-state index >= 15 is 0 Å². The molecule has 0 aliphatic heterocycles. The van der Waals surface area contributed by atoms with Crippen LogP contribution < -0.4 is 11.1 Å². The smallest absolute Gasteiger partial charge is 0.322 e. The molecule has 10 nitrogen and oxygen atoms in total. The Kier molecular flexibility index (Phi) is 4.09. The maximum Gasteiger partial charge on any atom is 0.322 e. The van der Waals surface area contributed by atoms with E-state index in [1.54, 1.807) is 39.2 Å². The highest BCUT2D eigenvalue weighted by molar-refractivity contribution is 5.92. The molecule has 3 N–H and O–H groups in total. The molecule has 0 saturated heterocycles. The van der Waals surface area contributed by atoms with Gasteiger partial charge in [0.15, 0.2) is 5.82 Å². The standard InChI is InChI=1S/C15H18N8O2/c1-9-17-11-6-10(16)4-5-12(11)23(9)14(24)8-22-7-13(19-20-22)18-15(25)21(2)3/h4-7H,8,16H2,1-3H3,(H,18,25). The van der Waals surface area contributed by atoms with E-state index in [0.29, 0.717) is 22.5 Å². The minimum Gasteiger partial charge on any atom is -0.399 e.